The van der Waals surface area contributed by atoms with Gasteiger partial charge in [0.1, 0.15) is 0 Å². The Bertz CT molecular complexity index is 287. The number of rotatable bonds is 4. The number of hydrogen-bond donors (Lipinski definition) is 2. The Balaban J connectivity index is 1.82. The minimum atomic E-state index is 0.172. The molecule has 3 atom stereocenters. The molecule has 0 aromatic heterocycles. The highest BCUT2D eigenvalue weighted by atomic mass is 32.2. The molecular formula is C13H25N3OS. The lowest BCUT2D eigenvalue weighted by Crippen LogP contribution is -2.47. The Kier molecular flexibility index (Phi) is 5.33. The maximum Gasteiger partial charge on any atom is 0.224 e. The van der Waals surface area contributed by atoms with Crippen LogP contribution in [-0.2, 0) is 4.79 Å². The molecule has 2 heterocycles. The lowest BCUT2D eigenvalue weighted by molar-refractivity contribution is -0.126. The fourth-order valence-corrected chi connectivity index (χ4v) is 4.20. The number of carbonyl (C=O) groups excluding carboxylic acids is 1. The van der Waals surface area contributed by atoms with E-state index in [-0.39, 0.29) is 11.8 Å². The van der Waals surface area contributed by atoms with Gasteiger partial charge in [-0.05, 0) is 25.8 Å². The Hall–Kier alpha value is -0.260. The van der Waals surface area contributed by atoms with E-state index in [1.165, 1.54) is 18.7 Å². The molecule has 3 unspecified atom stereocenters. The summed E-state index contributed by atoms with van der Waals surface area (Å²) in [6.45, 7) is 5.54. The second kappa shape index (κ2) is 6.78. The third-order valence-electron chi connectivity index (χ3n) is 3.96. The predicted octanol–water partition coefficient (Wildman–Crippen LogP) is 0.667. The largest absolute Gasteiger partial charge is 0.355 e. The molecule has 3 N–H and O–H groups in total. The summed E-state index contributed by atoms with van der Waals surface area (Å²) >= 11 is 2.06. The van der Waals surface area contributed by atoms with Gasteiger partial charge < -0.3 is 11.1 Å². The minimum Gasteiger partial charge on any atom is -0.355 e. The number of hydrogen-bond acceptors (Lipinski definition) is 4. The van der Waals surface area contributed by atoms with Crippen LogP contribution in [0.15, 0.2) is 0 Å². The molecule has 2 aliphatic heterocycles. The molecule has 18 heavy (non-hydrogen) atoms. The average molecular weight is 271 g/mol. The van der Waals surface area contributed by atoms with Crippen molar-refractivity contribution in [3.8, 4) is 0 Å². The fraction of sp³-hybridized carbons (Fsp3) is 0.923. The quantitative estimate of drug-likeness (QED) is 0.789. The van der Waals surface area contributed by atoms with Crippen LogP contribution < -0.4 is 11.1 Å². The number of piperidine rings is 1. The number of likely N-dealkylation sites (tertiary alicyclic amines) is 1. The van der Waals surface area contributed by atoms with Crippen LogP contribution in [0, 0.1) is 5.92 Å². The Labute approximate surface area is 114 Å². The predicted molar refractivity (Wildman–Crippen MR) is 76.7 cm³/mol. The van der Waals surface area contributed by atoms with Crippen LogP contribution in [0.3, 0.4) is 0 Å². The summed E-state index contributed by atoms with van der Waals surface area (Å²) in [6.07, 6.45) is 3.46. The first-order valence-corrected chi connectivity index (χ1v) is 8.09. The minimum absolute atomic E-state index is 0.172. The van der Waals surface area contributed by atoms with E-state index < -0.39 is 0 Å². The molecule has 104 valence electrons. The number of nitrogens with one attached hydrogen (secondary N) is 1. The molecule has 0 aliphatic carbocycles. The molecule has 2 aliphatic rings. The summed E-state index contributed by atoms with van der Waals surface area (Å²) in [5, 5.41) is 3.71. The molecule has 4 nitrogen and oxygen atoms in total. The lowest BCUT2D eigenvalue weighted by atomic mass is 9.95. The topological polar surface area (TPSA) is 58.4 Å². The molecule has 2 saturated heterocycles. The zero-order chi connectivity index (χ0) is 13.0. The summed E-state index contributed by atoms with van der Waals surface area (Å²) in [7, 11) is 0. The van der Waals surface area contributed by atoms with Crippen LogP contribution in [0.1, 0.15) is 26.2 Å². The molecule has 5 heteroatoms. The van der Waals surface area contributed by atoms with Crippen LogP contribution >= 0.6 is 11.8 Å². The van der Waals surface area contributed by atoms with E-state index in [0.717, 1.165) is 24.6 Å². The highest BCUT2D eigenvalue weighted by Gasteiger charge is 2.32. The van der Waals surface area contributed by atoms with E-state index in [2.05, 4.69) is 28.9 Å². The van der Waals surface area contributed by atoms with E-state index in [4.69, 9.17) is 5.73 Å². The van der Waals surface area contributed by atoms with Crippen molar-refractivity contribution in [3.05, 3.63) is 0 Å². The normalized spacial score (nSPS) is 33.6. The van der Waals surface area contributed by atoms with E-state index in [1.54, 1.807) is 0 Å². The Morgan fingerprint density at radius 1 is 1.56 bits per heavy atom. The molecule has 0 saturated carbocycles. The van der Waals surface area contributed by atoms with Gasteiger partial charge in [-0.2, -0.15) is 11.8 Å². The van der Waals surface area contributed by atoms with Gasteiger partial charge in [-0.25, -0.2) is 0 Å². The van der Waals surface area contributed by atoms with Crippen molar-refractivity contribution in [2.24, 2.45) is 11.7 Å². The monoisotopic (exact) mass is 271 g/mol. The van der Waals surface area contributed by atoms with Gasteiger partial charge in [0.25, 0.3) is 0 Å². The van der Waals surface area contributed by atoms with Crippen molar-refractivity contribution in [1.29, 1.82) is 0 Å². The number of nitrogens with zero attached hydrogens (tertiary/aromatic N) is 1. The first-order valence-electron chi connectivity index (χ1n) is 7.04. The van der Waals surface area contributed by atoms with Crippen molar-refractivity contribution in [1.82, 2.24) is 10.2 Å². The molecule has 2 fully saturated rings. The lowest BCUT2D eigenvalue weighted by Gasteiger charge is -2.36. The fourth-order valence-electron chi connectivity index (χ4n) is 2.94. The maximum atomic E-state index is 12.0. The molecule has 0 spiro atoms. The zero-order valence-electron chi connectivity index (χ0n) is 11.2. The van der Waals surface area contributed by atoms with Crippen molar-refractivity contribution >= 4 is 17.7 Å². The SMILES string of the molecule is CC1CC(N2CCCC(C(=O)NCCN)C2)CS1. The smallest absolute Gasteiger partial charge is 0.224 e. The van der Waals surface area contributed by atoms with E-state index in [0.29, 0.717) is 19.1 Å². The van der Waals surface area contributed by atoms with Gasteiger partial charge in [0.05, 0.1) is 5.92 Å². The van der Waals surface area contributed by atoms with Gasteiger partial charge in [-0.15, -0.1) is 0 Å². The molecule has 2 rings (SSSR count). The van der Waals surface area contributed by atoms with E-state index in [1.807, 2.05) is 0 Å². The van der Waals surface area contributed by atoms with Gasteiger partial charge >= 0.3 is 0 Å². The summed E-state index contributed by atoms with van der Waals surface area (Å²) in [5.74, 6) is 1.60. The van der Waals surface area contributed by atoms with Crippen molar-refractivity contribution in [2.45, 2.75) is 37.5 Å². The third-order valence-corrected chi connectivity index (χ3v) is 5.30. The summed E-state index contributed by atoms with van der Waals surface area (Å²) in [6, 6.07) is 0.690. The third kappa shape index (κ3) is 3.62. The first kappa shape index (κ1) is 14.2. The van der Waals surface area contributed by atoms with Crippen molar-refractivity contribution in [2.75, 3.05) is 31.9 Å². The molecule has 0 aromatic carbocycles. The van der Waals surface area contributed by atoms with Crippen LogP contribution in [0.4, 0.5) is 0 Å². The number of nitrogens with two attached hydrogens (primary N) is 1. The summed E-state index contributed by atoms with van der Waals surface area (Å²) in [4.78, 5) is 14.5. The molecule has 1 amide bonds. The van der Waals surface area contributed by atoms with Crippen LogP contribution in [0.2, 0.25) is 0 Å². The Morgan fingerprint density at radius 2 is 2.39 bits per heavy atom. The van der Waals surface area contributed by atoms with Crippen LogP contribution in [0.5, 0.6) is 0 Å². The van der Waals surface area contributed by atoms with Gasteiger partial charge in [-0.1, -0.05) is 6.92 Å². The number of carbonyl (C=O) groups is 1. The average Bonchev–Trinajstić information content (AvgIpc) is 2.83. The highest BCUT2D eigenvalue weighted by molar-refractivity contribution is 8.00. The summed E-state index contributed by atoms with van der Waals surface area (Å²) in [5.41, 5.74) is 5.42. The highest BCUT2D eigenvalue weighted by Crippen LogP contribution is 2.31. The second-order valence-electron chi connectivity index (χ2n) is 5.45. The molecule has 0 radical (unpaired) electrons. The summed E-state index contributed by atoms with van der Waals surface area (Å²) < 4.78 is 0. The second-order valence-corrected chi connectivity index (χ2v) is 6.92. The Morgan fingerprint density at radius 3 is 3.06 bits per heavy atom. The van der Waals surface area contributed by atoms with Crippen molar-refractivity contribution < 1.29 is 4.79 Å². The standard InChI is InChI=1S/C13H25N3OS/c1-10-7-12(9-18-10)16-6-2-3-11(8-16)13(17)15-5-4-14/h10-12H,2-9,14H2,1H3,(H,15,17). The van der Waals surface area contributed by atoms with Crippen molar-refractivity contribution in [3.63, 3.8) is 0 Å². The molecule has 0 bridgehead atoms. The zero-order valence-corrected chi connectivity index (χ0v) is 12.0. The number of thioether (sulfide) groups is 1. The van der Waals surface area contributed by atoms with Gasteiger partial charge in [0, 0.05) is 36.7 Å². The molecule has 0 aromatic rings. The van der Waals surface area contributed by atoms with E-state index in [9.17, 15) is 4.79 Å². The van der Waals surface area contributed by atoms with Crippen LogP contribution in [-0.4, -0.2) is 54.0 Å². The van der Waals surface area contributed by atoms with E-state index >= 15 is 0 Å². The van der Waals surface area contributed by atoms with Gasteiger partial charge in [0.15, 0.2) is 0 Å². The van der Waals surface area contributed by atoms with Gasteiger partial charge in [0.2, 0.25) is 5.91 Å². The van der Waals surface area contributed by atoms with Gasteiger partial charge in [-0.3, -0.25) is 9.69 Å². The molecular weight excluding hydrogens is 246 g/mol. The number of amides is 1. The van der Waals surface area contributed by atoms with Crippen LogP contribution in [0.25, 0.3) is 0 Å². The first-order chi connectivity index (χ1) is 8.70. The maximum absolute atomic E-state index is 12.0.